The SMILES string of the molecule is C#CCN(CC#C)C(=O)C(=O)Nc1ccc2[nH]nc(C(N)=O)c2c1. The second kappa shape index (κ2) is 6.99. The Bertz CT molecular complexity index is 885. The minimum absolute atomic E-state index is 0.0358. The van der Waals surface area contributed by atoms with Gasteiger partial charge in [0.1, 0.15) is 0 Å². The van der Waals surface area contributed by atoms with Crippen LogP contribution in [-0.4, -0.2) is 45.9 Å². The van der Waals surface area contributed by atoms with Crippen LogP contribution in [0.4, 0.5) is 5.69 Å². The molecule has 0 atom stereocenters. The number of nitrogens with one attached hydrogen (secondary N) is 2. The second-order valence-corrected chi connectivity index (χ2v) is 4.72. The van der Waals surface area contributed by atoms with E-state index in [1.54, 1.807) is 12.1 Å². The van der Waals surface area contributed by atoms with E-state index in [0.29, 0.717) is 16.6 Å². The number of carbonyl (C=O) groups excluding carboxylic acids is 3. The zero-order valence-corrected chi connectivity index (χ0v) is 12.5. The Balaban J connectivity index is 2.22. The molecule has 1 heterocycles. The van der Waals surface area contributed by atoms with Gasteiger partial charge in [-0.3, -0.25) is 19.5 Å². The molecule has 2 aromatic rings. The number of fused-ring (bicyclic) bond motifs is 1. The van der Waals surface area contributed by atoms with Crippen molar-refractivity contribution in [3.63, 3.8) is 0 Å². The number of nitrogens with zero attached hydrogens (tertiary/aromatic N) is 2. The van der Waals surface area contributed by atoms with Crippen molar-refractivity contribution in [3.8, 4) is 24.7 Å². The summed E-state index contributed by atoms with van der Waals surface area (Å²) in [6.45, 7) is -0.161. The molecule has 4 N–H and O–H groups in total. The van der Waals surface area contributed by atoms with Crippen molar-refractivity contribution < 1.29 is 14.4 Å². The van der Waals surface area contributed by atoms with Gasteiger partial charge in [0.2, 0.25) is 0 Å². The maximum atomic E-state index is 12.0. The van der Waals surface area contributed by atoms with E-state index in [1.165, 1.54) is 6.07 Å². The number of hydrogen-bond donors (Lipinski definition) is 3. The van der Waals surface area contributed by atoms with Crippen LogP contribution in [0.5, 0.6) is 0 Å². The van der Waals surface area contributed by atoms with Gasteiger partial charge in [-0.15, -0.1) is 12.8 Å². The van der Waals surface area contributed by atoms with Gasteiger partial charge in [0, 0.05) is 11.1 Å². The van der Waals surface area contributed by atoms with Crippen molar-refractivity contribution >= 4 is 34.3 Å². The lowest BCUT2D eigenvalue weighted by Gasteiger charge is -2.16. The van der Waals surface area contributed by atoms with Gasteiger partial charge in [0.25, 0.3) is 5.91 Å². The Morgan fingerprint density at radius 3 is 2.50 bits per heavy atom. The van der Waals surface area contributed by atoms with Crippen LogP contribution in [0.15, 0.2) is 18.2 Å². The number of rotatable bonds is 4. The lowest BCUT2D eigenvalue weighted by molar-refractivity contribution is -0.142. The molecular weight excluding hydrogens is 310 g/mol. The standard InChI is InChI=1S/C16H13N5O3/c1-3-7-21(8-4-2)16(24)15(23)18-10-5-6-12-11(9-10)13(14(17)22)20-19-12/h1-2,5-6,9H,7-8H2,(H2,17,22)(H,18,23)(H,19,20). The maximum Gasteiger partial charge on any atom is 0.313 e. The van der Waals surface area contributed by atoms with Gasteiger partial charge in [0.15, 0.2) is 5.69 Å². The molecule has 120 valence electrons. The summed E-state index contributed by atoms with van der Waals surface area (Å²) in [6, 6.07) is 4.62. The fourth-order valence-corrected chi connectivity index (χ4v) is 2.03. The minimum atomic E-state index is -0.899. The van der Waals surface area contributed by atoms with Gasteiger partial charge < -0.3 is 16.0 Å². The highest BCUT2D eigenvalue weighted by molar-refractivity contribution is 6.39. The van der Waals surface area contributed by atoms with Crippen LogP contribution in [0.25, 0.3) is 10.9 Å². The molecule has 8 nitrogen and oxygen atoms in total. The number of aromatic amines is 1. The van der Waals surface area contributed by atoms with Gasteiger partial charge >= 0.3 is 11.8 Å². The van der Waals surface area contributed by atoms with E-state index >= 15 is 0 Å². The summed E-state index contributed by atoms with van der Waals surface area (Å²) >= 11 is 0. The number of terminal acetylenes is 2. The quantitative estimate of drug-likeness (QED) is 0.528. The van der Waals surface area contributed by atoms with Crippen LogP contribution in [0.2, 0.25) is 0 Å². The van der Waals surface area contributed by atoms with Crippen LogP contribution in [0.1, 0.15) is 10.5 Å². The molecule has 1 aromatic heterocycles. The average molecular weight is 323 g/mol. The van der Waals surface area contributed by atoms with Gasteiger partial charge in [-0.05, 0) is 18.2 Å². The largest absolute Gasteiger partial charge is 0.364 e. The molecule has 0 fully saturated rings. The molecule has 0 aliphatic heterocycles. The number of benzene rings is 1. The lowest BCUT2D eigenvalue weighted by atomic mass is 10.2. The first-order valence-corrected chi connectivity index (χ1v) is 6.73. The Morgan fingerprint density at radius 1 is 1.25 bits per heavy atom. The first-order valence-electron chi connectivity index (χ1n) is 6.73. The number of anilines is 1. The molecule has 2 rings (SSSR count). The molecule has 0 unspecified atom stereocenters. The summed E-state index contributed by atoms with van der Waals surface area (Å²) in [5, 5.41) is 9.29. The number of carbonyl (C=O) groups is 3. The van der Waals surface area contributed by atoms with Crippen LogP contribution >= 0.6 is 0 Å². The number of primary amides is 1. The van der Waals surface area contributed by atoms with Crippen LogP contribution in [0.3, 0.4) is 0 Å². The van der Waals surface area contributed by atoms with Crippen LogP contribution in [-0.2, 0) is 9.59 Å². The Labute approximate surface area is 137 Å². The van der Waals surface area contributed by atoms with E-state index in [1.807, 2.05) is 0 Å². The van der Waals surface area contributed by atoms with E-state index < -0.39 is 17.7 Å². The molecule has 8 heteroatoms. The molecular formula is C16H13N5O3. The molecule has 0 radical (unpaired) electrons. The van der Waals surface area contributed by atoms with Crippen LogP contribution < -0.4 is 11.1 Å². The van der Waals surface area contributed by atoms with Gasteiger partial charge in [-0.2, -0.15) is 5.10 Å². The third-order valence-electron chi connectivity index (χ3n) is 3.10. The van der Waals surface area contributed by atoms with Gasteiger partial charge in [-0.1, -0.05) is 11.8 Å². The fraction of sp³-hybridized carbons (Fsp3) is 0.125. The first-order chi connectivity index (χ1) is 11.5. The molecule has 0 saturated heterocycles. The maximum absolute atomic E-state index is 12.0. The van der Waals surface area contributed by atoms with E-state index in [9.17, 15) is 14.4 Å². The Kier molecular flexibility index (Phi) is 4.83. The van der Waals surface area contributed by atoms with E-state index in [-0.39, 0.29) is 18.8 Å². The van der Waals surface area contributed by atoms with E-state index in [2.05, 4.69) is 27.4 Å². The molecule has 1 aromatic carbocycles. The average Bonchev–Trinajstić information content (AvgIpc) is 2.97. The molecule has 0 saturated carbocycles. The number of amides is 3. The monoisotopic (exact) mass is 323 g/mol. The summed E-state index contributed by atoms with van der Waals surface area (Å²) in [4.78, 5) is 36.4. The summed E-state index contributed by atoms with van der Waals surface area (Å²) in [5.74, 6) is 2.05. The first kappa shape index (κ1) is 16.6. The summed E-state index contributed by atoms with van der Waals surface area (Å²) in [7, 11) is 0. The third-order valence-corrected chi connectivity index (χ3v) is 3.10. The van der Waals surface area contributed by atoms with Crippen LogP contribution in [0, 0.1) is 24.7 Å². The zero-order valence-electron chi connectivity index (χ0n) is 12.5. The number of hydrogen-bond acceptors (Lipinski definition) is 4. The third kappa shape index (κ3) is 3.34. The predicted octanol–water partition coefficient (Wildman–Crippen LogP) is -0.305. The van der Waals surface area contributed by atoms with E-state index in [0.717, 1.165) is 4.90 Å². The van der Waals surface area contributed by atoms with Crippen molar-refractivity contribution in [3.05, 3.63) is 23.9 Å². The van der Waals surface area contributed by atoms with Gasteiger partial charge in [-0.25, -0.2) is 0 Å². The molecule has 3 amide bonds. The summed E-state index contributed by atoms with van der Waals surface area (Å²) < 4.78 is 0. The predicted molar refractivity (Wildman–Crippen MR) is 87.5 cm³/mol. The normalized spacial score (nSPS) is 9.75. The molecule has 0 spiro atoms. The molecule has 0 aliphatic rings. The topological polar surface area (TPSA) is 121 Å². The highest BCUT2D eigenvalue weighted by Gasteiger charge is 2.21. The van der Waals surface area contributed by atoms with Gasteiger partial charge in [0.05, 0.1) is 18.6 Å². The number of nitrogens with two attached hydrogens (primary N) is 1. The Morgan fingerprint density at radius 2 is 1.92 bits per heavy atom. The molecule has 24 heavy (non-hydrogen) atoms. The second-order valence-electron chi connectivity index (χ2n) is 4.72. The smallest absolute Gasteiger partial charge is 0.313 e. The van der Waals surface area contributed by atoms with Crippen molar-refractivity contribution in [1.82, 2.24) is 15.1 Å². The molecule has 0 aliphatic carbocycles. The number of H-pyrrole nitrogens is 1. The summed E-state index contributed by atoms with van der Waals surface area (Å²) in [5.41, 5.74) is 6.12. The molecule has 0 bridgehead atoms. The zero-order chi connectivity index (χ0) is 17.7. The highest BCUT2D eigenvalue weighted by Crippen LogP contribution is 2.20. The Hall–Kier alpha value is -3.78. The van der Waals surface area contributed by atoms with Crippen molar-refractivity contribution in [2.75, 3.05) is 18.4 Å². The van der Waals surface area contributed by atoms with E-state index in [4.69, 9.17) is 18.6 Å². The highest BCUT2D eigenvalue weighted by atomic mass is 16.2. The van der Waals surface area contributed by atoms with Crippen molar-refractivity contribution in [1.29, 1.82) is 0 Å². The van der Waals surface area contributed by atoms with Crippen molar-refractivity contribution in [2.24, 2.45) is 5.73 Å². The summed E-state index contributed by atoms with van der Waals surface area (Å²) in [6.07, 6.45) is 10.3. The number of aromatic nitrogens is 2. The lowest BCUT2D eigenvalue weighted by Crippen LogP contribution is -2.40. The fourth-order valence-electron chi connectivity index (χ4n) is 2.03. The minimum Gasteiger partial charge on any atom is -0.364 e. The van der Waals surface area contributed by atoms with Crippen molar-refractivity contribution in [2.45, 2.75) is 0 Å².